The van der Waals surface area contributed by atoms with Gasteiger partial charge in [0.2, 0.25) is 0 Å². The zero-order chi connectivity index (χ0) is 11.3. The lowest BCUT2D eigenvalue weighted by atomic mass is 9.97. The van der Waals surface area contributed by atoms with Crippen molar-refractivity contribution < 1.29 is 0 Å². The number of aryl methyl sites for hydroxylation is 1. The van der Waals surface area contributed by atoms with Crippen molar-refractivity contribution in [3.05, 3.63) is 35.4 Å². The van der Waals surface area contributed by atoms with Crippen molar-refractivity contribution in [2.24, 2.45) is 11.7 Å². The lowest BCUT2D eigenvalue weighted by molar-refractivity contribution is 0.507. The van der Waals surface area contributed by atoms with Gasteiger partial charge in [0.15, 0.2) is 0 Å². The summed E-state index contributed by atoms with van der Waals surface area (Å²) in [6, 6.07) is 8.92. The summed E-state index contributed by atoms with van der Waals surface area (Å²) in [5.41, 5.74) is 8.79. The van der Waals surface area contributed by atoms with Crippen LogP contribution in [0.3, 0.4) is 0 Å². The summed E-state index contributed by atoms with van der Waals surface area (Å²) < 4.78 is 0. The van der Waals surface area contributed by atoms with Crippen molar-refractivity contribution in [3.8, 4) is 0 Å². The predicted octanol–water partition coefficient (Wildman–Crippen LogP) is 3.69. The normalized spacial score (nSPS) is 13.1. The fourth-order valence-electron chi connectivity index (χ4n) is 1.68. The van der Waals surface area contributed by atoms with Crippen LogP contribution in [-0.2, 0) is 6.42 Å². The van der Waals surface area contributed by atoms with Gasteiger partial charge in [-0.3, -0.25) is 0 Å². The van der Waals surface area contributed by atoms with E-state index in [2.05, 4.69) is 45.0 Å². The van der Waals surface area contributed by atoms with E-state index in [-0.39, 0.29) is 6.04 Å². The van der Waals surface area contributed by atoms with Gasteiger partial charge >= 0.3 is 0 Å². The second kappa shape index (κ2) is 5.92. The molecule has 0 aliphatic rings. The van der Waals surface area contributed by atoms with E-state index in [0.29, 0.717) is 0 Å². The predicted molar refractivity (Wildman–Crippen MR) is 66.8 cm³/mol. The molecule has 1 atom stereocenters. The lowest BCUT2D eigenvalue weighted by Gasteiger charge is -2.13. The Bertz CT molecular complexity index is 274. The number of hydrogen-bond acceptors (Lipinski definition) is 1. The molecule has 1 heteroatoms. The summed E-state index contributed by atoms with van der Waals surface area (Å²) >= 11 is 0. The minimum absolute atomic E-state index is 0.207. The molecule has 0 aliphatic heterocycles. The van der Waals surface area contributed by atoms with Crippen LogP contribution in [0.2, 0.25) is 0 Å². The highest BCUT2D eigenvalue weighted by Crippen LogP contribution is 2.19. The molecule has 0 aromatic heterocycles. The molecule has 1 aromatic rings. The minimum atomic E-state index is 0.207. The third-order valence-corrected chi connectivity index (χ3v) is 2.87. The molecule has 0 heterocycles. The summed E-state index contributed by atoms with van der Waals surface area (Å²) in [5.74, 6) is 0.742. The Morgan fingerprint density at radius 1 is 1.07 bits per heavy atom. The zero-order valence-electron chi connectivity index (χ0n) is 10.2. The standard InChI is InChI=1S/C14H23N/c1-4-12-6-8-13(9-7-12)14(15)10-5-11(2)3/h6-9,11,14H,4-5,10,15H2,1-3H3/t14-/m0/s1. The Morgan fingerprint density at radius 2 is 1.67 bits per heavy atom. The van der Waals surface area contributed by atoms with E-state index in [0.717, 1.165) is 18.8 Å². The molecular weight excluding hydrogens is 182 g/mol. The maximum absolute atomic E-state index is 6.13. The zero-order valence-corrected chi connectivity index (χ0v) is 10.2. The van der Waals surface area contributed by atoms with Gasteiger partial charge in [0.05, 0.1) is 0 Å². The summed E-state index contributed by atoms with van der Waals surface area (Å²) in [6.07, 6.45) is 3.39. The van der Waals surface area contributed by atoms with Crippen LogP contribution in [0.15, 0.2) is 24.3 Å². The van der Waals surface area contributed by atoms with Gasteiger partial charge in [0, 0.05) is 6.04 Å². The van der Waals surface area contributed by atoms with Gasteiger partial charge < -0.3 is 5.73 Å². The van der Waals surface area contributed by atoms with E-state index < -0.39 is 0 Å². The molecule has 0 spiro atoms. The lowest BCUT2D eigenvalue weighted by Crippen LogP contribution is -2.11. The molecule has 0 fully saturated rings. The molecule has 0 bridgehead atoms. The van der Waals surface area contributed by atoms with Gasteiger partial charge in [-0.15, -0.1) is 0 Å². The molecule has 84 valence electrons. The van der Waals surface area contributed by atoms with Crippen LogP contribution >= 0.6 is 0 Å². The topological polar surface area (TPSA) is 26.0 Å². The summed E-state index contributed by atoms with van der Waals surface area (Å²) in [4.78, 5) is 0. The van der Waals surface area contributed by atoms with E-state index in [1.54, 1.807) is 0 Å². The largest absolute Gasteiger partial charge is 0.324 e. The van der Waals surface area contributed by atoms with Crippen molar-refractivity contribution in [1.82, 2.24) is 0 Å². The Kier molecular flexibility index (Phi) is 4.83. The van der Waals surface area contributed by atoms with Crippen molar-refractivity contribution in [1.29, 1.82) is 0 Å². The van der Waals surface area contributed by atoms with Gasteiger partial charge in [0.25, 0.3) is 0 Å². The van der Waals surface area contributed by atoms with Crippen LogP contribution in [0.25, 0.3) is 0 Å². The molecule has 1 rings (SSSR count). The van der Waals surface area contributed by atoms with Crippen molar-refractivity contribution >= 4 is 0 Å². The third kappa shape index (κ3) is 4.05. The highest BCUT2D eigenvalue weighted by Gasteiger charge is 2.06. The second-order valence-corrected chi connectivity index (χ2v) is 4.67. The number of hydrogen-bond donors (Lipinski definition) is 1. The maximum Gasteiger partial charge on any atom is 0.0294 e. The van der Waals surface area contributed by atoms with E-state index >= 15 is 0 Å². The molecular formula is C14H23N. The fourth-order valence-corrected chi connectivity index (χ4v) is 1.68. The van der Waals surface area contributed by atoms with Crippen LogP contribution < -0.4 is 5.73 Å². The molecule has 0 saturated heterocycles. The van der Waals surface area contributed by atoms with E-state index in [9.17, 15) is 0 Å². The van der Waals surface area contributed by atoms with Gasteiger partial charge in [-0.1, -0.05) is 45.0 Å². The van der Waals surface area contributed by atoms with E-state index in [1.165, 1.54) is 17.5 Å². The van der Waals surface area contributed by atoms with Crippen LogP contribution in [0.1, 0.15) is 50.8 Å². The van der Waals surface area contributed by atoms with E-state index in [4.69, 9.17) is 5.73 Å². The quantitative estimate of drug-likeness (QED) is 0.779. The van der Waals surface area contributed by atoms with Crippen molar-refractivity contribution in [2.75, 3.05) is 0 Å². The molecule has 0 saturated carbocycles. The average molecular weight is 205 g/mol. The summed E-state index contributed by atoms with van der Waals surface area (Å²) in [6.45, 7) is 6.66. The minimum Gasteiger partial charge on any atom is -0.324 e. The Balaban J connectivity index is 2.54. The summed E-state index contributed by atoms with van der Waals surface area (Å²) in [5, 5.41) is 0. The smallest absolute Gasteiger partial charge is 0.0294 e. The van der Waals surface area contributed by atoms with Crippen LogP contribution in [0.4, 0.5) is 0 Å². The molecule has 15 heavy (non-hydrogen) atoms. The number of benzene rings is 1. The number of rotatable bonds is 5. The van der Waals surface area contributed by atoms with Gasteiger partial charge in [-0.2, -0.15) is 0 Å². The highest BCUT2D eigenvalue weighted by atomic mass is 14.6. The number of nitrogens with two attached hydrogens (primary N) is 1. The van der Waals surface area contributed by atoms with Gasteiger partial charge in [-0.25, -0.2) is 0 Å². The highest BCUT2D eigenvalue weighted by molar-refractivity contribution is 5.24. The molecule has 0 radical (unpaired) electrons. The first-order chi connectivity index (χ1) is 7.13. The van der Waals surface area contributed by atoms with E-state index in [1.807, 2.05) is 0 Å². The second-order valence-electron chi connectivity index (χ2n) is 4.67. The molecule has 1 nitrogen and oxygen atoms in total. The van der Waals surface area contributed by atoms with Crippen molar-refractivity contribution in [2.45, 2.75) is 46.1 Å². The van der Waals surface area contributed by atoms with Gasteiger partial charge in [0.1, 0.15) is 0 Å². The molecule has 2 N–H and O–H groups in total. The molecule has 1 aromatic carbocycles. The third-order valence-electron chi connectivity index (χ3n) is 2.87. The molecule has 0 aliphatic carbocycles. The Hall–Kier alpha value is -0.820. The van der Waals surface area contributed by atoms with Gasteiger partial charge in [-0.05, 0) is 36.3 Å². The maximum atomic E-state index is 6.13. The fraction of sp³-hybridized carbons (Fsp3) is 0.571. The Labute approximate surface area is 93.7 Å². The first kappa shape index (κ1) is 12.3. The molecule has 0 amide bonds. The first-order valence-corrected chi connectivity index (χ1v) is 5.98. The Morgan fingerprint density at radius 3 is 2.13 bits per heavy atom. The average Bonchev–Trinajstić information content (AvgIpc) is 2.26. The SMILES string of the molecule is CCc1ccc([C@@H](N)CCC(C)C)cc1. The van der Waals surface area contributed by atoms with Crippen LogP contribution in [0.5, 0.6) is 0 Å². The summed E-state index contributed by atoms with van der Waals surface area (Å²) in [7, 11) is 0. The van der Waals surface area contributed by atoms with Crippen LogP contribution in [0, 0.1) is 5.92 Å². The van der Waals surface area contributed by atoms with Crippen molar-refractivity contribution in [3.63, 3.8) is 0 Å². The van der Waals surface area contributed by atoms with Crippen LogP contribution in [-0.4, -0.2) is 0 Å². The molecule has 0 unspecified atom stereocenters. The monoisotopic (exact) mass is 205 g/mol. The first-order valence-electron chi connectivity index (χ1n) is 5.98.